The largest absolute Gasteiger partial charge is 0.352 e. The van der Waals surface area contributed by atoms with E-state index < -0.39 is 6.04 Å². The second-order valence-electron chi connectivity index (χ2n) is 8.03. The van der Waals surface area contributed by atoms with E-state index >= 15 is 0 Å². The lowest BCUT2D eigenvalue weighted by Crippen LogP contribution is -2.50. The molecule has 1 aliphatic rings. The molecule has 7 heteroatoms. The van der Waals surface area contributed by atoms with Gasteiger partial charge in [-0.25, -0.2) is 0 Å². The van der Waals surface area contributed by atoms with Crippen molar-refractivity contribution in [1.82, 2.24) is 10.2 Å². The Labute approximate surface area is 198 Å². The molecule has 2 aromatic carbocycles. The maximum Gasteiger partial charge on any atom is 0.242 e. The Bertz CT molecular complexity index is 914. The predicted molar refractivity (Wildman–Crippen MR) is 129 cm³/mol. The van der Waals surface area contributed by atoms with Gasteiger partial charge in [-0.3, -0.25) is 9.59 Å². The monoisotopic (exact) mass is 478 g/mol. The number of hydrogen-bond donors (Lipinski definition) is 1. The summed E-state index contributed by atoms with van der Waals surface area (Å²) in [5.74, 6) is 0.0197. The highest BCUT2D eigenvalue weighted by molar-refractivity contribution is 8.00. The first-order chi connectivity index (χ1) is 14.8. The molecular weight excluding hydrogens is 451 g/mol. The number of carbonyl (C=O) groups is 2. The Morgan fingerprint density at radius 1 is 1.13 bits per heavy atom. The zero-order chi connectivity index (χ0) is 22.4. The van der Waals surface area contributed by atoms with Gasteiger partial charge in [0.15, 0.2) is 0 Å². The van der Waals surface area contributed by atoms with Crippen molar-refractivity contribution in [2.75, 3.05) is 5.75 Å². The predicted octanol–water partition coefficient (Wildman–Crippen LogP) is 5.87. The van der Waals surface area contributed by atoms with Gasteiger partial charge in [0.1, 0.15) is 6.04 Å². The van der Waals surface area contributed by atoms with Gasteiger partial charge in [0.2, 0.25) is 11.8 Å². The van der Waals surface area contributed by atoms with Crippen LogP contribution in [0.1, 0.15) is 43.7 Å². The number of carbonyl (C=O) groups excluding carboxylic acids is 2. The second kappa shape index (κ2) is 11.3. The fourth-order valence-electron chi connectivity index (χ4n) is 3.67. The Morgan fingerprint density at radius 3 is 2.45 bits per heavy atom. The minimum atomic E-state index is -0.599. The first-order valence-corrected chi connectivity index (χ1v) is 12.3. The molecule has 1 saturated carbocycles. The average Bonchev–Trinajstić information content (AvgIpc) is 3.25. The van der Waals surface area contributed by atoms with Gasteiger partial charge in [-0.1, -0.05) is 59.8 Å². The van der Waals surface area contributed by atoms with Crippen molar-refractivity contribution in [3.8, 4) is 0 Å². The van der Waals surface area contributed by atoms with E-state index in [0.717, 1.165) is 36.1 Å². The summed E-state index contributed by atoms with van der Waals surface area (Å²) in [5.41, 5.74) is 1.94. The molecular formula is C24H28Cl2N2O2S. The molecule has 2 aromatic rings. The zero-order valence-electron chi connectivity index (χ0n) is 17.9. The summed E-state index contributed by atoms with van der Waals surface area (Å²) >= 11 is 13.8. The summed E-state index contributed by atoms with van der Waals surface area (Å²) in [6, 6.07) is 12.9. The van der Waals surface area contributed by atoms with Gasteiger partial charge in [-0.15, -0.1) is 11.8 Å². The van der Waals surface area contributed by atoms with Crippen LogP contribution in [0.25, 0.3) is 0 Å². The molecule has 2 amide bonds. The summed E-state index contributed by atoms with van der Waals surface area (Å²) in [4.78, 5) is 28.8. The molecule has 1 fully saturated rings. The zero-order valence-corrected chi connectivity index (χ0v) is 20.2. The number of hydrogen-bond acceptors (Lipinski definition) is 3. The number of nitrogens with one attached hydrogen (secondary N) is 1. The minimum Gasteiger partial charge on any atom is -0.352 e. The lowest BCUT2D eigenvalue weighted by molar-refractivity contribution is -0.138. The quantitative estimate of drug-likeness (QED) is 0.482. The van der Waals surface area contributed by atoms with Crippen LogP contribution in [0, 0.1) is 6.92 Å². The van der Waals surface area contributed by atoms with E-state index in [2.05, 4.69) is 5.32 Å². The molecule has 0 heterocycles. The van der Waals surface area contributed by atoms with E-state index in [1.807, 2.05) is 31.2 Å². The third kappa shape index (κ3) is 6.90. The van der Waals surface area contributed by atoms with Crippen LogP contribution in [-0.4, -0.2) is 34.6 Å². The van der Waals surface area contributed by atoms with Crippen LogP contribution in [0.2, 0.25) is 10.0 Å². The molecule has 0 bridgehead atoms. The Hall–Kier alpha value is -1.69. The molecule has 31 heavy (non-hydrogen) atoms. The van der Waals surface area contributed by atoms with Crippen molar-refractivity contribution >= 4 is 46.8 Å². The average molecular weight is 479 g/mol. The molecule has 1 atom stereocenters. The molecule has 0 spiro atoms. The number of rotatable bonds is 8. The van der Waals surface area contributed by atoms with Gasteiger partial charge in [0.05, 0.1) is 5.75 Å². The van der Waals surface area contributed by atoms with Crippen LogP contribution in [0.4, 0.5) is 0 Å². The van der Waals surface area contributed by atoms with E-state index in [1.165, 1.54) is 17.3 Å². The lowest BCUT2D eigenvalue weighted by atomic mass is 10.1. The highest BCUT2D eigenvalue weighted by Crippen LogP contribution is 2.25. The van der Waals surface area contributed by atoms with Crippen molar-refractivity contribution in [2.45, 2.75) is 63.1 Å². The van der Waals surface area contributed by atoms with Crippen molar-refractivity contribution in [2.24, 2.45) is 0 Å². The van der Waals surface area contributed by atoms with Crippen molar-refractivity contribution in [3.05, 3.63) is 63.6 Å². The number of aryl methyl sites for hydroxylation is 1. The van der Waals surface area contributed by atoms with E-state index in [0.29, 0.717) is 10.0 Å². The smallest absolute Gasteiger partial charge is 0.242 e. The van der Waals surface area contributed by atoms with Gasteiger partial charge < -0.3 is 10.2 Å². The summed E-state index contributed by atoms with van der Waals surface area (Å²) in [6.45, 7) is 4.06. The molecule has 0 aliphatic heterocycles. The first kappa shape index (κ1) is 24.0. The third-order valence-electron chi connectivity index (χ3n) is 5.61. The van der Waals surface area contributed by atoms with Gasteiger partial charge in [-0.2, -0.15) is 0 Å². The van der Waals surface area contributed by atoms with Crippen molar-refractivity contribution in [1.29, 1.82) is 0 Å². The summed E-state index contributed by atoms with van der Waals surface area (Å²) in [5, 5.41) is 4.13. The summed E-state index contributed by atoms with van der Waals surface area (Å²) in [7, 11) is 0. The highest BCUT2D eigenvalue weighted by Gasteiger charge is 2.28. The lowest BCUT2D eigenvalue weighted by Gasteiger charge is -2.30. The van der Waals surface area contributed by atoms with Crippen molar-refractivity contribution < 1.29 is 9.59 Å². The van der Waals surface area contributed by atoms with Crippen molar-refractivity contribution in [3.63, 3.8) is 0 Å². The summed E-state index contributed by atoms with van der Waals surface area (Å²) < 4.78 is 0. The number of nitrogens with zero attached hydrogens (tertiary/aromatic N) is 1. The Kier molecular flexibility index (Phi) is 8.70. The second-order valence-corrected chi connectivity index (χ2v) is 9.92. The van der Waals surface area contributed by atoms with E-state index in [-0.39, 0.29) is 30.2 Å². The molecule has 0 unspecified atom stereocenters. The molecule has 3 rings (SSSR count). The van der Waals surface area contributed by atoms with Crippen LogP contribution in [0.15, 0.2) is 47.4 Å². The van der Waals surface area contributed by atoms with E-state index in [9.17, 15) is 9.59 Å². The van der Waals surface area contributed by atoms with Crippen LogP contribution in [0.3, 0.4) is 0 Å². The minimum absolute atomic E-state index is 0.106. The maximum absolute atomic E-state index is 13.2. The van der Waals surface area contributed by atoms with Crippen LogP contribution in [0.5, 0.6) is 0 Å². The molecule has 4 nitrogen and oxygen atoms in total. The molecule has 166 valence electrons. The van der Waals surface area contributed by atoms with Gasteiger partial charge in [-0.05, 0) is 56.5 Å². The maximum atomic E-state index is 13.2. The fourth-order valence-corrected chi connectivity index (χ4v) is 4.92. The number of amides is 2. The standard InChI is InChI=1S/C24H28Cl2N2O2S/c1-16-7-11-21(12-8-16)31-15-23(29)28(14-18-9-10-19(25)13-22(18)26)17(2)24(30)27-20-5-3-4-6-20/h7-13,17,20H,3-6,14-15H2,1-2H3,(H,27,30)/t17-/m1/s1. The number of halogens is 2. The van der Waals surface area contributed by atoms with E-state index in [4.69, 9.17) is 23.2 Å². The van der Waals surface area contributed by atoms with Gasteiger partial charge in [0.25, 0.3) is 0 Å². The summed E-state index contributed by atoms with van der Waals surface area (Å²) in [6.07, 6.45) is 4.27. The molecule has 1 aliphatic carbocycles. The molecule has 0 radical (unpaired) electrons. The van der Waals surface area contributed by atoms with Crippen LogP contribution in [-0.2, 0) is 16.1 Å². The Balaban J connectivity index is 1.73. The first-order valence-electron chi connectivity index (χ1n) is 10.6. The van der Waals surface area contributed by atoms with Crippen LogP contribution >= 0.6 is 35.0 Å². The number of thioether (sulfide) groups is 1. The SMILES string of the molecule is Cc1ccc(SCC(=O)N(Cc2ccc(Cl)cc2Cl)[C@H](C)C(=O)NC2CCCC2)cc1. The fraction of sp³-hybridized carbons (Fsp3) is 0.417. The third-order valence-corrected chi connectivity index (χ3v) is 7.19. The highest BCUT2D eigenvalue weighted by atomic mass is 35.5. The molecule has 1 N–H and O–H groups in total. The van der Waals surface area contributed by atoms with Gasteiger partial charge in [0, 0.05) is 27.5 Å². The van der Waals surface area contributed by atoms with Crippen LogP contribution < -0.4 is 5.32 Å². The number of benzene rings is 2. The topological polar surface area (TPSA) is 49.4 Å². The molecule has 0 aromatic heterocycles. The van der Waals surface area contributed by atoms with Gasteiger partial charge >= 0.3 is 0 Å². The normalized spacial score (nSPS) is 15.0. The Morgan fingerprint density at radius 2 is 1.81 bits per heavy atom. The van der Waals surface area contributed by atoms with E-state index in [1.54, 1.807) is 30.0 Å². The molecule has 0 saturated heterocycles.